The minimum atomic E-state index is -0.542. The number of hydrogen-bond acceptors (Lipinski definition) is 3. The van der Waals surface area contributed by atoms with Gasteiger partial charge in [0.1, 0.15) is 5.17 Å². The summed E-state index contributed by atoms with van der Waals surface area (Å²) in [5, 5.41) is 3.43. The Bertz CT molecular complexity index is 162. The van der Waals surface area contributed by atoms with E-state index in [0.29, 0.717) is 0 Å². The van der Waals surface area contributed by atoms with Gasteiger partial charge in [-0.15, -0.1) is 0 Å². The summed E-state index contributed by atoms with van der Waals surface area (Å²) < 4.78 is 0. The van der Waals surface area contributed by atoms with Crippen LogP contribution in [0.5, 0.6) is 0 Å². The quantitative estimate of drug-likeness (QED) is 0.208. The Kier molecular flexibility index (Phi) is 23.8. The Morgan fingerprint density at radius 2 is 1.77 bits per heavy atom. The van der Waals surface area contributed by atoms with E-state index in [2.05, 4.69) is 9.99 Å². The molecule has 0 rings (SSSR count). The van der Waals surface area contributed by atoms with Gasteiger partial charge in [0.2, 0.25) is 0 Å². The van der Waals surface area contributed by atoms with Crippen molar-refractivity contribution in [1.29, 1.82) is 0 Å². The molecule has 0 N–H and O–H groups in total. The van der Waals surface area contributed by atoms with Crippen molar-refractivity contribution in [3.63, 3.8) is 0 Å². The van der Waals surface area contributed by atoms with E-state index in [1.54, 1.807) is 14.1 Å². The van der Waals surface area contributed by atoms with Gasteiger partial charge >= 0.3 is 43.8 Å². The van der Waals surface area contributed by atoms with Gasteiger partial charge in [-0.25, -0.2) is 4.79 Å². The number of nitrogens with zero attached hydrogens (tertiary/aromatic N) is 2. The number of halogens is 3. The van der Waals surface area contributed by atoms with Crippen molar-refractivity contribution in [3.05, 3.63) is 0 Å². The molecule has 0 aromatic carbocycles. The maximum atomic E-state index is 10.6. The van der Waals surface area contributed by atoms with Gasteiger partial charge in [0.05, 0.1) is 0 Å². The predicted octanol–water partition coefficient (Wildman–Crippen LogP) is -5.12. The molecule has 0 aromatic rings. The summed E-state index contributed by atoms with van der Waals surface area (Å²) in [6, 6.07) is 0. The van der Waals surface area contributed by atoms with E-state index in [9.17, 15) is 4.79 Å². The van der Waals surface area contributed by atoms with Crippen LogP contribution in [-0.4, -0.2) is 68.0 Å². The van der Waals surface area contributed by atoms with Crippen LogP contribution in [0.4, 0.5) is 4.79 Å². The SMILES string of the molecule is C/C(Cl)=N/OC(=O)N(C)C.[Ca+2].[Cl-].[Cl-]. The maximum absolute atomic E-state index is 10.6. The molecular weight excluding hydrogens is 267 g/mol. The monoisotopic (exact) mass is 274 g/mol. The second-order valence-corrected chi connectivity index (χ2v) is 2.39. The first-order valence-electron chi connectivity index (χ1n) is 2.62. The van der Waals surface area contributed by atoms with Gasteiger partial charge in [0.15, 0.2) is 0 Å². The molecule has 0 atom stereocenters. The van der Waals surface area contributed by atoms with Gasteiger partial charge in [0.25, 0.3) is 0 Å². The van der Waals surface area contributed by atoms with E-state index < -0.39 is 6.09 Å². The summed E-state index contributed by atoms with van der Waals surface area (Å²) in [4.78, 5) is 16.1. The fourth-order valence-corrected chi connectivity index (χ4v) is 0.218. The van der Waals surface area contributed by atoms with Crippen LogP contribution < -0.4 is 24.8 Å². The zero-order valence-corrected chi connectivity index (χ0v) is 12.0. The number of oxime groups is 1. The topological polar surface area (TPSA) is 41.9 Å². The predicted molar refractivity (Wildman–Crippen MR) is 44.9 cm³/mol. The van der Waals surface area contributed by atoms with Crippen LogP contribution in [0.3, 0.4) is 0 Å². The summed E-state index contributed by atoms with van der Waals surface area (Å²) in [6.45, 7) is 1.52. The second kappa shape index (κ2) is 13.1. The van der Waals surface area contributed by atoms with E-state index >= 15 is 0 Å². The number of carbonyl (C=O) groups is 1. The number of rotatable bonds is 1. The van der Waals surface area contributed by atoms with Gasteiger partial charge in [-0.2, -0.15) is 0 Å². The molecule has 74 valence electrons. The molecule has 13 heavy (non-hydrogen) atoms. The van der Waals surface area contributed by atoms with Crippen LogP contribution in [0.1, 0.15) is 6.92 Å². The van der Waals surface area contributed by atoms with Crippen LogP contribution >= 0.6 is 11.6 Å². The van der Waals surface area contributed by atoms with Crippen molar-refractivity contribution in [1.82, 2.24) is 4.90 Å². The van der Waals surface area contributed by atoms with Crippen molar-refractivity contribution < 1.29 is 34.4 Å². The number of carbonyl (C=O) groups excluding carboxylic acids is 1. The summed E-state index contributed by atoms with van der Waals surface area (Å²) in [7, 11) is 3.11. The summed E-state index contributed by atoms with van der Waals surface area (Å²) >= 11 is 5.28. The molecule has 0 radical (unpaired) electrons. The third-order valence-electron chi connectivity index (χ3n) is 0.615. The summed E-state index contributed by atoms with van der Waals surface area (Å²) in [6.07, 6.45) is -0.542. The molecule has 0 unspecified atom stereocenters. The number of hydrogen-bond donors (Lipinski definition) is 0. The van der Waals surface area contributed by atoms with E-state index in [1.165, 1.54) is 11.8 Å². The van der Waals surface area contributed by atoms with Crippen molar-refractivity contribution in [2.75, 3.05) is 14.1 Å². The first-order valence-corrected chi connectivity index (χ1v) is 3.00. The van der Waals surface area contributed by atoms with E-state index in [0.717, 1.165) is 0 Å². The molecule has 0 heterocycles. The molecule has 0 spiro atoms. The van der Waals surface area contributed by atoms with Crippen molar-refractivity contribution in [3.8, 4) is 0 Å². The fraction of sp³-hybridized carbons (Fsp3) is 0.600. The first-order chi connectivity index (χ1) is 4.54. The molecule has 0 fully saturated rings. The second-order valence-electron chi connectivity index (χ2n) is 1.84. The molecule has 1 amide bonds. The molecule has 0 bridgehead atoms. The normalized spacial score (nSPS) is 8.46. The molecule has 0 aliphatic carbocycles. The Labute approximate surface area is 125 Å². The first kappa shape index (κ1) is 23.7. The Hall–Kier alpha value is 1.07. The van der Waals surface area contributed by atoms with Crippen LogP contribution in [0.15, 0.2) is 5.16 Å². The number of amides is 1. The third-order valence-corrected chi connectivity index (χ3v) is 0.684. The van der Waals surface area contributed by atoms with Gasteiger partial charge in [0, 0.05) is 14.1 Å². The molecule has 4 nitrogen and oxygen atoms in total. The van der Waals surface area contributed by atoms with Crippen molar-refractivity contribution in [2.45, 2.75) is 6.92 Å². The standard InChI is InChI=1S/C5H9ClN2O2.Ca.2ClH/c1-4(6)7-10-5(9)8(2)3;;;/h1-3H3;;2*1H/q;+2;;/p-2/b7-4-;;;. The van der Waals surface area contributed by atoms with Gasteiger partial charge in [-0.3, -0.25) is 4.84 Å². The Morgan fingerprint density at radius 3 is 2.00 bits per heavy atom. The van der Waals surface area contributed by atoms with Crippen LogP contribution in [-0.2, 0) is 4.84 Å². The molecule has 0 saturated carbocycles. The molecule has 0 aliphatic rings. The van der Waals surface area contributed by atoms with Crippen LogP contribution in [0, 0.1) is 0 Å². The van der Waals surface area contributed by atoms with Crippen LogP contribution in [0.25, 0.3) is 0 Å². The molecular formula is C5H9CaCl3N2O2. The Balaban J connectivity index is -0.000000135. The Morgan fingerprint density at radius 1 is 1.38 bits per heavy atom. The van der Waals surface area contributed by atoms with E-state index in [-0.39, 0.29) is 67.7 Å². The van der Waals surface area contributed by atoms with E-state index in [4.69, 9.17) is 11.6 Å². The summed E-state index contributed by atoms with van der Waals surface area (Å²) in [5.41, 5.74) is 0. The maximum Gasteiger partial charge on any atom is 2.00 e. The molecule has 0 saturated heterocycles. The van der Waals surface area contributed by atoms with Crippen LogP contribution in [0.2, 0.25) is 0 Å². The van der Waals surface area contributed by atoms with Gasteiger partial charge in [-0.05, 0) is 6.92 Å². The van der Waals surface area contributed by atoms with Crippen molar-refractivity contribution in [2.24, 2.45) is 5.16 Å². The van der Waals surface area contributed by atoms with Crippen molar-refractivity contribution >= 4 is 60.6 Å². The third kappa shape index (κ3) is 15.8. The van der Waals surface area contributed by atoms with E-state index in [1.807, 2.05) is 0 Å². The fourth-order valence-electron chi connectivity index (χ4n) is 0.184. The van der Waals surface area contributed by atoms with Gasteiger partial charge < -0.3 is 29.7 Å². The molecule has 8 heteroatoms. The average Bonchev–Trinajstić information content (AvgIpc) is 1.82. The largest absolute Gasteiger partial charge is 2.00 e. The zero-order valence-electron chi connectivity index (χ0n) is 7.55. The zero-order chi connectivity index (χ0) is 8.15. The minimum absolute atomic E-state index is 0. The van der Waals surface area contributed by atoms with Gasteiger partial charge in [-0.1, -0.05) is 16.8 Å². The summed E-state index contributed by atoms with van der Waals surface area (Å²) in [5.74, 6) is 0. The smallest absolute Gasteiger partial charge is 1.00 e. The minimum Gasteiger partial charge on any atom is -1.00 e. The average molecular weight is 276 g/mol. The molecule has 0 aromatic heterocycles. The molecule has 0 aliphatic heterocycles.